The van der Waals surface area contributed by atoms with Crippen molar-refractivity contribution in [1.29, 1.82) is 0 Å². The van der Waals surface area contributed by atoms with Gasteiger partial charge in [-0.3, -0.25) is 9.69 Å². The van der Waals surface area contributed by atoms with Crippen LogP contribution in [0, 0.1) is 5.92 Å². The Kier molecular flexibility index (Phi) is 5.33. The maximum Gasteiger partial charge on any atom is 0.336 e. The molecule has 0 aromatic heterocycles. The van der Waals surface area contributed by atoms with Gasteiger partial charge in [0.2, 0.25) is 5.91 Å². The molecule has 1 spiro atoms. The summed E-state index contributed by atoms with van der Waals surface area (Å²) in [5.74, 6) is -0.786. The average molecular weight is 444 g/mol. The summed E-state index contributed by atoms with van der Waals surface area (Å²) in [4.78, 5) is 28.1. The van der Waals surface area contributed by atoms with E-state index in [1.165, 1.54) is 7.11 Å². The summed E-state index contributed by atoms with van der Waals surface area (Å²) in [6, 6.07) is 17.9. The van der Waals surface area contributed by atoms with Crippen LogP contribution in [0.15, 0.2) is 78.0 Å². The normalized spacial score (nSPS) is 28.2. The van der Waals surface area contributed by atoms with E-state index in [0.29, 0.717) is 25.0 Å². The van der Waals surface area contributed by atoms with Gasteiger partial charge >= 0.3 is 5.97 Å². The van der Waals surface area contributed by atoms with Crippen molar-refractivity contribution < 1.29 is 14.3 Å². The molecule has 1 fully saturated rings. The molecule has 6 heteroatoms. The first-order valence-electron chi connectivity index (χ1n) is 11.4. The van der Waals surface area contributed by atoms with E-state index in [2.05, 4.69) is 34.5 Å². The van der Waals surface area contributed by atoms with Gasteiger partial charge in [0.05, 0.1) is 24.1 Å². The van der Waals surface area contributed by atoms with E-state index < -0.39 is 11.5 Å². The summed E-state index contributed by atoms with van der Waals surface area (Å²) < 4.78 is 5.24. The Bertz CT molecular complexity index is 1160. The van der Waals surface area contributed by atoms with Crippen LogP contribution in [0.1, 0.15) is 30.9 Å². The van der Waals surface area contributed by atoms with Crippen LogP contribution < -0.4 is 11.1 Å². The van der Waals surface area contributed by atoms with Gasteiger partial charge in [0, 0.05) is 29.9 Å². The summed E-state index contributed by atoms with van der Waals surface area (Å²) >= 11 is 0. The number of carbonyl (C=O) groups is 2. The number of fused-ring (bicyclic) bond motifs is 1. The Hall–Kier alpha value is -3.38. The molecular formula is C27H29N3O3. The molecule has 4 atom stereocenters. The Balaban J connectivity index is 1.73. The zero-order valence-corrected chi connectivity index (χ0v) is 19.0. The second kappa shape index (κ2) is 8.19. The monoisotopic (exact) mass is 443 g/mol. The number of ether oxygens (including phenoxy) is 1. The number of amides is 1. The van der Waals surface area contributed by atoms with Crippen molar-refractivity contribution >= 4 is 17.6 Å². The number of primary amides is 1. The van der Waals surface area contributed by atoms with Gasteiger partial charge < -0.3 is 15.8 Å². The Morgan fingerprint density at radius 2 is 1.91 bits per heavy atom. The van der Waals surface area contributed by atoms with Crippen LogP contribution in [0.4, 0.5) is 5.69 Å². The number of allylic oxidation sites excluding steroid dienone is 2. The van der Waals surface area contributed by atoms with Crippen LogP contribution >= 0.6 is 0 Å². The third-order valence-corrected chi connectivity index (χ3v) is 7.48. The van der Waals surface area contributed by atoms with Crippen LogP contribution in [0.25, 0.3) is 0 Å². The first-order valence-corrected chi connectivity index (χ1v) is 11.4. The maximum atomic E-state index is 13.1. The van der Waals surface area contributed by atoms with Gasteiger partial charge in [0.1, 0.15) is 0 Å². The number of nitrogens with one attached hydrogen (secondary N) is 1. The first kappa shape index (κ1) is 21.5. The molecule has 0 saturated carbocycles. The number of esters is 1. The number of methoxy groups -OCH3 is 1. The Labute approximate surface area is 194 Å². The highest BCUT2D eigenvalue weighted by Crippen LogP contribution is 2.60. The van der Waals surface area contributed by atoms with Crippen molar-refractivity contribution in [2.24, 2.45) is 11.7 Å². The summed E-state index contributed by atoms with van der Waals surface area (Å²) in [5.41, 5.74) is 10.2. The molecule has 33 heavy (non-hydrogen) atoms. The lowest BCUT2D eigenvalue weighted by molar-refractivity contribution is -0.137. The van der Waals surface area contributed by atoms with Crippen molar-refractivity contribution in [2.45, 2.75) is 43.8 Å². The predicted octanol–water partition coefficient (Wildman–Crippen LogP) is 3.50. The van der Waals surface area contributed by atoms with E-state index in [9.17, 15) is 9.59 Å². The third-order valence-electron chi connectivity index (χ3n) is 7.48. The molecule has 1 aliphatic carbocycles. The quantitative estimate of drug-likeness (QED) is 0.546. The number of anilines is 1. The number of rotatable bonds is 5. The largest absolute Gasteiger partial charge is 0.466 e. The van der Waals surface area contributed by atoms with Crippen molar-refractivity contribution in [3.8, 4) is 0 Å². The zero-order chi connectivity index (χ0) is 23.2. The van der Waals surface area contributed by atoms with Gasteiger partial charge in [-0.25, -0.2) is 4.79 Å². The Morgan fingerprint density at radius 1 is 1.18 bits per heavy atom. The summed E-state index contributed by atoms with van der Waals surface area (Å²) in [6.45, 7) is 2.58. The highest BCUT2D eigenvalue weighted by molar-refractivity contribution is 5.94. The number of hydrogen-bond acceptors (Lipinski definition) is 5. The van der Waals surface area contributed by atoms with E-state index in [1.807, 2.05) is 49.4 Å². The lowest BCUT2D eigenvalue weighted by Gasteiger charge is -2.43. The molecule has 2 aromatic rings. The minimum absolute atomic E-state index is 0.00374. The third kappa shape index (κ3) is 3.20. The fourth-order valence-electron chi connectivity index (χ4n) is 6.22. The molecule has 0 bridgehead atoms. The summed E-state index contributed by atoms with van der Waals surface area (Å²) in [6.07, 6.45) is 5.27. The fraction of sp³-hybridized carbons (Fsp3) is 0.333. The molecule has 5 rings (SSSR count). The van der Waals surface area contributed by atoms with Gasteiger partial charge in [-0.2, -0.15) is 0 Å². The average Bonchev–Trinajstić information content (AvgIpc) is 3.33. The maximum absolute atomic E-state index is 13.1. The molecule has 170 valence electrons. The molecule has 1 amide bonds. The molecule has 2 heterocycles. The number of carbonyl (C=O) groups excluding carboxylic acids is 2. The van der Waals surface area contributed by atoms with Gasteiger partial charge in [0.15, 0.2) is 0 Å². The number of nitrogens with two attached hydrogens (primary N) is 1. The van der Waals surface area contributed by atoms with Gasteiger partial charge in [-0.15, -0.1) is 0 Å². The molecular weight excluding hydrogens is 414 g/mol. The first-order chi connectivity index (χ1) is 16.0. The van der Waals surface area contributed by atoms with E-state index in [-0.39, 0.29) is 23.8 Å². The van der Waals surface area contributed by atoms with Crippen LogP contribution in [0.5, 0.6) is 0 Å². The van der Waals surface area contributed by atoms with Crippen LogP contribution in [-0.4, -0.2) is 36.0 Å². The van der Waals surface area contributed by atoms with Gasteiger partial charge in [-0.05, 0) is 37.0 Å². The number of hydrogen-bond donors (Lipinski definition) is 2. The standard InChI is InChI=1S/C27H29N3O3/c1-3-9-18-14-22-27(15-21(25(28)31)30(22)16-17-10-5-4-6-11-17)19-12-7-8-13-20(19)29-24(27)23(18)26(32)33-2/h3-13,18,21-22,29H,14-16H2,1-2H3,(H2,28,31)/b9-3+/t18-,21+,22+,27-/m1/s1. The molecule has 2 aromatic carbocycles. The van der Waals surface area contributed by atoms with E-state index in [0.717, 1.165) is 22.5 Å². The number of benzene rings is 2. The van der Waals surface area contributed by atoms with Crippen molar-refractivity contribution in [1.82, 2.24) is 4.90 Å². The molecule has 3 aliphatic rings. The minimum atomic E-state index is -0.521. The molecule has 3 N–H and O–H groups in total. The minimum Gasteiger partial charge on any atom is -0.466 e. The number of nitrogens with zero attached hydrogens (tertiary/aromatic N) is 1. The van der Waals surface area contributed by atoms with Crippen molar-refractivity contribution in [3.63, 3.8) is 0 Å². The Morgan fingerprint density at radius 3 is 2.61 bits per heavy atom. The number of likely N-dealkylation sites (tertiary alicyclic amines) is 1. The molecule has 6 nitrogen and oxygen atoms in total. The summed E-state index contributed by atoms with van der Waals surface area (Å²) in [7, 11) is 1.42. The molecule has 0 radical (unpaired) electrons. The smallest absolute Gasteiger partial charge is 0.336 e. The molecule has 1 saturated heterocycles. The van der Waals surface area contributed by atoms with Crippen LogP contribution in [0.3, 0.4) is 0 Å². The molecule has 0 unspecified atom stereocenters. The second-order valence-electron chi connectivity index (χ2n) is 9.09. The van der Waals surface area contributed by atoms with E-state index in [1.54, 1.807) is 0 Å². The number of para-hydroxylation sites is 1. The second-order valence-corrected chi connectivity index (χ2v) is 9.09. The van der Waals surface area contributed by atoms with Crippen LogP contribution in [0.2, 0.25) is 0 Å². The lowest BCUT2D eigenvalue weighted by Crippen LogP contribution is -2.50. The SMILES string of the molecule is C/C=C/[C@@H]1C[C@@H]2N(Cc3ccccc3)[C@H](C(N)=O)C[C@]23C(=C1C(=O)OC)Nc1ccccc13. The van der Waals surface area contributed by atoms with Crippen molar-refractivity contribution in [3.05, 3.63) is 89.1 Å². The topological polar surface area (TPSA) is 84.7 Å². The summed E-state index contributed by atoms with van der Waals surface area (Å²) in [5, 5.41) is 3.56. The van der Waals surface area contributed by atoms with Gasteiger partial charge in [0.25, 0.3) is 0 Å². The van der Waals surface area contributed by atoms with E-state index >= 15 is 0 Å². The zero-order valence-electron chi connectivity index (χ0n) is 19.0. The van der Waals surface area contributed by atoms with Crippen molar-refractivity contribution in [2.75, 3.05) is 12.4 Å². The van der Waals surface area contributed by atoms with Gasteiger partial charge in [-0.1, -0.05) is 60.7 Å². The van der Waals surface area contributed by atoms with E-state index in [4.69, 9.17) is 10.5 Å². The molecule has 2 aliphatic heterocycles. The fourth-order valence-corrected chi connectivity index (χ4v) is 6.22. The lowest BCUT2D eigenvalue weighted by atomic mass is 9.64. The predicted molar refractivity (Wildman–Crippen MR) is 127 cm³/mol. The van der Waals surface area contributed by atoms with Crippen LogP contribution in [-0.2, 0) is 26.3 Å². The highest BCUT2D eigenvalue weighted by atomic mass is 16.5. The highest BCUT2D eigenvalue weighted by Gasteiger charge is 2.63.